The molecule has 0 aromatic carbocycles. The van der Waals surface area contributed by atoms with Crippen LogP contribution in [0.2, 0.25) is 0 Å². The summed E-state index contributed by atoms with van der Waals surface area (Å²) in [6.07, 6.45) is 4.08. The summed E-state index contributed by atoms with van der Waals surface area (Å²) in [5.41, 5.74) is 0. The fourth-order valence-electron chi connectivity index (χ4n) is 1.76. The van der Waals surface area contributed by atoms with Crippen LogP contribution in [0.25, 0.3) is 0 Å². The highest BCUT2D eigenvalue weighted by molar-refractivity contribution is 7.10. The van der Waals surface area contributed by atoms with E-state index in [1.165, 1.54) is 17.7 Å². The Morgan fingerprint density at radius 2 is 2.31 bits per heavy atom. The molecule has 3 heteroatoms. The quantitative estimate of drug-likeness (QED) is 0.819. The number of thiophene rings is 1. The normalized spacial score (nSPS) is 12.8. The molecule has 1 atom stereocenters. The second-order valence-corrected chi connectivity index (χ2v) is 4.80. The van der Waals surface area contributed by atoms with Gasteiger partial charge < -0.3 is 9.73 Å². The largest absolute Gasteiger partial charge is 0.468 e. The zero-order valence-corrected chi connectivity index (χ0v) is 10.3. The third kappa shape index (κ3) is 2.97. The standard InChI is InChI=1S/C13H17NOS/c1-2-5-12(13-7-4-9-16-13)14-10-11-6-3-8-15-11/h3-4,6-9,12,14H,2,5,10H2,1H3. The van der Waals surface area contributed by atoms with Crippen LogP contribution >= 0.6 is 11.3 Å². The van der Waals surface area contributed by atoms with Crippen LogP contribution in [0, 0.1) is 0 Å². The van der Waals surface area contributed by atoms with E-state index in [0.29, 0.717) is 6.04 Å². The predicted molar refractivity (Wildman–Crippen MR) is 67.5 cm³/mol. The highest BCUT2D eigenvalue weighted by atomic mass is 32.1. The van der Waals surface area contributed by atoms with Gasteiger partial charge in [-0.05, 0) is 30.0 Å². The average Bonchev–Trinajstić information content (AvgIpc) is 2.96. The van der Waals surface area contributed by atoms with Crippen molar-refractivity contribution in [2.45, 2.75) is 32.4 Å². The highest BCUT2D eigenvalue weighted by Crippen LogP contribution is 2.23. The third-order valence-corrected chi connectivity index (χ3v) is 3.55. The Kier molecular flexibility index (Phi) is 4.19. The van der Waals surface area contributed by atoms with Gasteiger partial charge >= 0.3 is 0 Å². The van der Waals surface area contributed by atoms with Gasteiger partial charge in [0.15, 0.2) is 0 Å². The van der Waals surface area contributed by atoms with E-state index in [2.05, 4.69) is 29.8 Å². The molecule has 16 heavy (non-hydrogen) atoms. The van der Waals surface area contributed by atoms with Gasteiger partial charge in [-0.1, -0.05) is 19.4 Å². The lowest BCUT2D eigenvalue weighted by Crippen LogP contribution is -2.19. The predicted octanol–water partition coefficient (Wildman–Crippen LogP) is 3.97. The number of rotatable bonds is 6. The lowest BCUT2D eigenvalue weighted by atomic mass is 10.1. The van der Waals surface area contributed by atoms with Crippen LogP contribution in [-0.4, -0.2) is 0 Å². The van der Waals surface area contributed by atoms with Crippen LogP contribution in [0.15, 0.2) is 40.3 Å². The van der Waals surface area contributed by atoms with E-state index in [-0.39, 0.29) is 0 Å². The van der Waals surface area contributed by atoms with E-state index in [0.717, 1.165) is 12.3 Å². The number of nitrogens with one attached hydrogen (secondary N) is 1. The van der Waals surface area contributed by atoms with Crippen LogP contribution in [-0.2, 0) is 6.54 Å². The van der Waals surface area contributed by atoms with Crippen LogP contribution in [0.1, 0.15) is 36.4 Å². The molecule has 2 heterocycles. The van der Waals surface area contributed by atoms with E-state index in [1.54, 1.807) is 6.26 Å². The van der Waals surface area contributed by atoms with Crippen molar-refractivity contribution in [2.24, 2.45) is 0 Å². The van der Waals surface area contributed by atoms with Gasteiger partial charge in [0.05, 0.1) is 12.8 Å². The fourth-order valence-corrected chi connectivity index (χ4v) is 2.60. The minimum Gasteiger partial charge on any atom is -0.468 e. The molecule has 0 aliphatic rings. The third-order valence-electron chi connectivity index (χ3n) is 2.57. The Bertz CT molecular complexity index is 380. The fraction of sp³-hybridized carbons (Fsp3) is 0.385. The first-order valence-corrected chi connectivity index (χ1v) is 6.57. The van der Waals surface area contributed by atoms with Crippen LogP contribution < -0.4 is 5.32 Å². The molecule has 0 saturated heterocycles. The van der Waals surface area contributed by atoms with Crippen molar-refractivity contribution in [2.75, 3.05) is 0 Å². The molecule has 0 spiro atoms. The van der Waals surface area contributed by atoms with Gasteiger partial charge in [-0.2, -0.15) is 0 Å². The lowest BCUT2D eigenvalue weighted by Gasteiger charge is -2.15. The molecule has 0 bridgehead atoms. The van der Waals surface area contributed by atoms with Gasteiger partial charge in [0, 0.05) is 10.9 Å². The lowest BCUT2D eigenvalue weighted by molar-refractivity contribution is 0.437. The highest BCUT2D eigenvalue weighted by Gasteiger charge is 2.11. The van der Waals surface area contributed by atoms with E-state index in [9.17, 15) is 0 Å². The number of hydrogen-bond donors (Lipinski definition) is 1. The molecule has 0 aliphatic carbocycles. The topological polar surface area (TPSA) is 25.2 Å². The zero-order valence-electron chi connectivity index (χ0n) is 9.48. The average molecular weight is 235 g/mol. The molecule has 2 nitrogen and oxygen atoms in total. The van der Waals surface area contributed by atoms with E-state index < -0.39 is 0 Å². The van der Waals surface area contributed by atoms with Crippen molar-refractivity contribution >= 4 is 11.3 Å². The Balaban J connectivity index is 1.93. The van der Waals surface area contributed by atoms with Crippen molar-refractivity contribution in [3.05, 3.63) is 46.5 Å². The van der Waals surface area contributed by atoms with E-state index in [1.807, 2.05) is 23.5 Å². The molecule has 0 amide bonds. The summed E-state index contributed by atoms with van der Waals surface area (Å²) in [5, 5.41) is 5.67. The van der Waals surface area contributed by atoms with Crippen LogP contribution in [0.3, 0.4) is 0 Å². The van der Waals surface area contributed by atoms with E-state index >= 15 is 0 Å². The molecule has 1 N–H and O–H groups in total. The van der Waals surface area contributed by atoms with Crippen LogP contribution in [0.5, 0.6) is 0 Å². The zero-order chi connectivity index (χ0) is 11.2. The van der Waals surface area contributed by atoms with Crippen molar-refractivity contribution in [3.63, 3.8) is 0 Å². The molecular weight excluding hydrogens is 218 g/mol. The summed E-state index contributed by atoms with van der Waals surface area (Å²) in [5.74, 6) is 0.998. The summed E-state index contributed by atoms with van der Waals surface area (Å²) in [4.78, 5) is 1.41. The Hall–Kier alpha value is -1.06. The van der Waals surface area contributed by atoms with Crippen molar-refractivity contribution < 1.29 is 4.42 Å². The molecule has 0 fully saturated rings. The van der Waals surface area contributed by atoms with Gasteiger partial charge in [-0.25, -0.2) is 0 Å². The Morgan fingerprint density at radius 3 is 2.94 bits per heavy atom. The molecule has 86 valence electrons. The second-order valence-electron chi connectivity index (χ2n) is 3.82. The summed E-state index contributed by atoms with van der Waals surface area (Å²) in [7, 11) is 0. The summed E-state index contributed by atoms with van der Waals surface area (Å²) in [6, 6.07) is 8.69. The second kappa shape index (κ2) is 5.87. The number of furan rings is 1. The monoisotopic (exact) mass is 235 g/mol. The molecule has 2 aromatic heterocycles. The summed E-state index contributed by atoms with van der Waals surface area (Å²) < 4.78 is 5.32. The van der Waals surface area contributed by atoms with Gasteiger partial charge in [0.1, 0.15) is 5.76 Å². The minimum absolute atomic E-state index is 0.454. The first-order chi connectivity index (χ1) is 7.90. The molecule has 2 aromatic rings. The van der Waals surface area contributed by atoms with Gasteiger partial charge in [0.2, 0.25) is 0 Å². The van der Waals surface area contributed by atoms with Gasteiger partial charge in [0.25, 0.3) is 0 Å². The first-order valence-electron chi connectivity index (χ1n) is 5.69. The first kappa shape index (κ1) is 11.4. The Morgan fingerprint density at radius 1 is 1.38 bits per heavy atom. The van der Waals surface area contributed by atoms with Crippen molar-refractivity contribution in [1.29, 1.82) is 0 Å². The minimum atomic E-state index is 0.454. The van der Waals surface area contributed by atoms with Crippen molar-refractivity contribution in [1.82, 2.24) is 5.32 Å². The smallest absolute Gasteiger partial charge is 0.117 e. The molecule has 0 radical (unpaired) electrons. The molecule has 1 unspecified atom stereocenters. The maximum atomic E-state index is 5.32. The SMILES string of the molecule is CCCC(NCc1ccco1)c1cccs1. The van der Waals surface area contributed by atoms with E-state index in [4.69, 9.17) is 4.42 Å². The molecule has 0 aliphatic heterocycles. The summed E-state index contributed by atoms with van der Waals surface area (Å²) >= 11 is 1.82. The van der Waals surface area contributed by atoms with Crippen molar-refractivity contribution in [3.8, 4) is 0 Å². The maximum absolute atomic E-state index is 5.32. The molecule has 0 saturated carbocycles. The molecule has 2 rings (SSSR count). The van der Waals surface area contributed by atoms with Crippen LogP contribution in [0.4, 0.5) is 0 Å². The molecular formula is C13H17NOS. The van der Waals surface area contributed by atoms with Gasteiger partial charge in [-0.3, -0.25) is 0 Å². The number of hydrogen-bond acceptors (Lipinski definition) is 3. The maximum Gasteiger partial charge on any atom is 0.117 e. The van der Waals surface area contributed by atoms with Gasteiger partial charge in [-0.15, -0.1) is 11.3 Å². The summed E-state index contributed by atoms with van der Waals surface area (Å²) in [6.45, 7) is 3.02. The Labute approximate surface area is 100 Å².